The summed E-state index contributed by atoms with van der Waals surface area (Å²) < 4.78 is 38.4. The number of rotatable bonds is 6. The van der Waals surface area contributed by atoms with E-state index in [4.69, 9.17) is 14.5 Å². The van der Waals surface area contributed by atoms with Gasteiger partial charge in [-0.15, -0.1) is 0 Å². The molecule has 2 aliphatic rings. The Bertz CT molecular complexity index is 985. The van der Waals surface area contributed by atoms with Crippen molar-refractivity contribution in [2.45, 2.75) is 18.7 Å². The Morgan fingerprint density at radius 2 is 1.65 bits per heavy atom. The molecular formula is C21H29N5O4S. The second kappa shape index (κ2) is 9.37. The van der Waals surface area contributed by atoms with Gasteiger partial charge >= 0.3 is 0 Å². The Hall–Kier alpha value is -2.43. The molecule has 0 spiro atoms. The van der Waals surface area contributed by atoms with Gasteiger partial charge in [-0.05, 0) is 38.1 Å². The van der Waals surface area contributed by atoms with Crippen molar-refractivity contribution >= 4 is 21.8 Å². The minimum absolute atomic E-state index is 0.283. The van der Waals surface area contributed by atoms with Crippen LogP contribution in [0.4, 0.5) is 11.8 Å². The summed E-state index contributed by atoms with van der Waals surface area (Å²) in [5, 5.41) is 0. The van der Waals surface area contributed by atoms with Gasteiger partial charge in [-0.1, -0.05) is 0 Å². The predicted octanol–water partition coefficient (Wildman–Crippen LogP) is 1.53. The molecule has 0 aliphatic carbocycles. The molecule has 0 bridgehead atoms. The van der Waals surface area contributed by atoms with Crippen LogP contribution < -0.4 is 14.5 Å². The van der Waals surface area contributed by atoms with Crippen molar-refractivity contribution in [2.75, 3.05) is 68.9 Å². The molecule has 168 valence electrons. The first-order valence-electron chi connectivity index (χ1n) is 10.6. The first-order valence-corrected chi connectivity index (χ1v) is 12.1. The van der Waals surface area contributed by atoms with Gasteiger partial charge in [0.2, 0.25) is 16.0 Å². The Balaban J connectivity index is 1.44. The normalized spacial score (nSPS) is 18.3. The lowest BCUT2D eigenvalue weighted by atomic mass is 10.3. The van der Waals surface area contributed by atoms with E-state index in [9.17, 15) is 8.42 Å². The summed E-state index contributed by atoms with van der Waals surface area (Å²) in [4.78, 5) is 13.9. The number of sulfonamides is 1. The number of hydrogen-bond donors (Lipinski definition) is 0. The van der Waals surface area contributed by atoms with Gasteiger partial charge in [-0.3, -0.25) is 0 Å². The molecule has 31 heavy (non-hydrogen) atoms. The van der Waals surface area contributed by atoms with Gasteiger partial charge in [-0.2, -0.15) is 9.29 Å². The summed E-state index contributed by atoms with van der Waals surface area (Å²) in [7, 11) is -3.54. The van der Waals surface area contributed by atoms with E-state index in [2.05, 4.69) is 14.8 Å². The van der Waals surface area contributed by atoms with Crippen molar-refractivity contribution in [3.05, 3.63) is 36.0 Å². The van der Waals surface area contributed by atoms with Gasteiger partial charge in [0.15, 0.2) is 0 Å². The lowest BCUT2D eigenvalue weighted by molar-refractivity contribution is 0.122. The number of morpholine rings is 1. The zero-order valence-electron chi connectivity index (χ0n) is 18.0. The molecule has 0 unspecified atom stereocenters. The van der Waals surface area contributed by atoms with Crippen LogP contribution in [0.2, 0.25) is 0 Å². The highest BCUT2D eigenvalue weighted by Crippen LogP contribution is 2.23. The molecule has 0 radical (unpaired) electrons. The number of ether oxygens (including phenoxy) is 2. The monoisotopic (exact) mass is 447 g/mol. The molecule has 10 heteroatoms. The fourth-order valence-corrected chi connectivity index (χ4v) is 5.21. The molecular weight excluding hydrogens is 418 g/mol. The van der Waals surface area contributed by atoms with Gasteiger partial charge in [0, 0.05) is 51.0 Å². The predicted molar refractivity (Wildman–Crippen MR) is 118 cm³/mol. The Morgan fingerprint density at radius 1 is 0.968 bits per heavy atom. The van der Waals surface area contributed by atoms with Gasteiger partial charge in [0.1, 0.15) is 11.6 Å². The smallest absolute Gasteiger partial charge is 0.243 e. The topological polar surface area (TPSA) is 88.1 Å². The number of nitrogens with zero attached hydrogens (tertiary/aromatic N) is 5. The third-order valence-electron chi connectivity index (χ3n) is 5.46. The van der Waals surface area contributed by atoms with Gasteiger partial charge < -0.3 is 19.3 Å². The van der Waals surface area contributed by atoms with Gasteiger partial charge in [-0.25, -0.2) is 13.4 Å². The molecule has 0 amide bonds. The molecule has 2 aliphatic heterocycles. The average molecular weight is 448 g/mol. The maximum atomic E-state index is 13.0. The third kappa shape index (κ3) is 4.91. The lowest BCUT2D eigenvalue weighted by Crippen LogP contribution is -2.49. The molecule has 2 fully saturated rings. The first-order chi connectivity index (χ1) is 15.0. The van der Waals surface area contributed by atoms with E-state index in [1.165, 1.54) is 4.31 Å². The first kappa shape index (κ1) is 21.8. The highest BCUT2D eigenvalue weighted by molar-refractivity contribution is 7.89. The van der Waals surface area contributed by atoms with Crippen molar-refractivity contribution in [1.29, 1.82) is 0 Å². The van der Waals surface area contributed by atoms with Crippen LogP contribution in [-0.2, 0) is 14.8 Å². The zero-order chi connectivity index (χ0) is 21.8. The van der Waals surface area contributed by atoms with Gasteiger partial charge in [0.05, 0.1) is 24.7 Å². The number of aromatic nitrogens is 2. The lowest BCUT2D eigenvalue weighted by Gasteiger charge is -2.35. The Kier molecular flexibility index (Phi) is 6.59. The van der Waals surface area contributed by atoms with Crippen molar-refractivity contribution in [3.8, 4) is 5.75 Å². The highest BCUT2D eigenvalue weighted by Gasteiger charge is 2.29. The highest BCUT2D eigenvalue weighted by atomic mass is 32.2. The Morgan fingerprint density at radius 3 is 2.29 bits per heavy atom. The molecule has 1 aromatic heterocycles. The van der Waals surface area contributed by atoms with Crippen molar-refractivity contribution in [2.24, 2.45) is 0 Å². The fraction of sp³-hybridized carbons (Fsp3) is 0.524. The number of aryl methyl sites for hydroxylation is 1. The van der Waals surface area contributed by atoms with Crippen LogP contribution in [0.15, 0.2) is 35.2 Å². The van der Waals surface area contributed by atoms with Gasteiger partial charge in [0.25, 0.3) is 0 Å². The van der Waals surface area contributed by atoms with E-state index in [1.54, 1.807) is 24.3 Å². The van der Waals surface area contributed by atoms with Crippen LogP contribution in [0.25, 0.3) is 0 Å². The number of benzene rings is 1. The third-order valence-corrected chi connectivity index (χ3v) is 7.37. The van der Waals surface area contributed by atoms with Crippen LogP contribution in [0.5, 0.6) is 5.75 Å². The fourth-order valence-electron chi connectivity index (χ4n) is 3.78. The molecule has 1 aromatic carbocycles. The van der Waals surface area contributed by atoms with E-state index in [-0.39, 0.29) is 4.90 Å². The Labute approximate surface area is 183 Å². The van der Waals surface area contributed by atoms with Crippen LogP contribution in [0.1, 0.15) is 12.6 Å². The van der Waals surface area contributed by atoms with E-state index in [1.807, 2.05) is 19.9 Å². The van der Waals surface area contributed by atoms with Crippen molar-refractivity contribution in [1.82, 2.24) is 14.3 Å². The van der Waals surface area contributed by atoms with Crippen molar-refractivity contribution < 1.29 is 17.9 Å². The molecule has 9 nitrogen and oxygen atoms in total. The number of anilines is 2. The summed E-state index contributed by atoms with van der Waals surface area (Å²) in [5.74, 6) is 2.22. The van der Waals surface area contributed by atoms with E-state index in [0.29, 0.717) is 57.7 Å². The molecule has 3 heterocycles. The summed E-state index contributed by atoms with van der Waals surface area (Å²) >= 11 is 0. The summed E-state index contributed by atoms with van der Waals surface area (Å²) in [6, 6.07) is 8.58. The summed E-state index contributed by atoms with van der Waals surface area (Å²) in [5.41, 5.74) is 0.899. The standard InChI is InChI=1S/C21H29N5O4S/c1-3-30-18-4-6-19(7-5-18)31(27,28)26-10-8-25(9-11-26)21-22-17(2)16-20(23-21)24-12-14-29-15-13-24/h4-7,16H,3,8-15H2,1-2H3. The van der Waals surface area contributed by atoms with Crippen molar-refractivity contribution in [3.63, 3.8) is 0 Å². The second-order valence-corrected chi connectivity index (χ2v) is 9.50. The average Bonchev–Trinajstić information content (AvgIpc) is 2.80. The van der Waals surface area contributed by atoms with E-state index >= 15 is 0 Å². The largest absolute Gasteiger partial charge is 0.494 e. The van der Waals surface area contributed by atoms with E-state index < -0.39 is 10.0 Å². The molecule has 2 aromatic rings. The minimum Gasteiger partial charge on any atom is -0.494 e. The van der Waals surface area contributed by atoms with Crippen LogP contribution >= 0.6 is 0 Å². The van der Waals surface area contributed by atoms with Crippen LogP contribution in [-0.4, -0.2) is 81.8 Å². The molecule has 4 rings (SSSR count). The number of piperazine rings is 1. The van der Waals surface area contributed by atoms with Crippen LogP contribution in [0.3, 0.4) is 0 Å². The summed E-state index contributed by atoms with van der Waals surface area (Å²) in [6.45, 7) is 9.27. The van der Waals surface area contributed by atoms with E-state index in [0.717, 1.165) is 24.6 Å². The SMILES string of the molecule is CCOc1ccc(S(=O)(=O)N2CCN(c3nc(C)cc(N4CCOCC4)n3)CC2)cc1. The summed E-state index contributed by atoms with van der Waals surface area (Å²) in [6.07, 6.45) is 0. The molecule has 2 saturated heterocycles. The maximum Gasteiger partial charge on any atom is 0.243 e. The number of hydrogen-bond acceptors (Lipinski definition) is 8. The molecule has 0 atom stereocenters. The zero-order valence-corrected chi connectivity index (χ0v) is 18.8. The quantitative estimate of drug-likeness (QED) is 0.659. The molecule has 0 N–H and O–H groups in total. The molecule has 0 saturated carbocycles. The second-order valence-electron chi connectivity index (χ2n) is 7.56. The maximum absolute atomic E-state index is 13.0. The van der Waals surface area contributed by atoms with Crippen LogP contribution in [0, 0.1) is 6.92 Å². The minimum atomic E-state index is -3.54.